The number of ketones is 1. The Morgan fingerprint density at radius 1 is 1.47 bits per heavy atom. The van der Waals surface area contributed by atoms with Crippen LogP contribution in [-0.4, -0.2) is 37.3 Å². The number of sulfonamides is 1. The van der Waals surface area contributed by atoms with E-state index in [0.717, 1.165) is 4.88 Å². The van der Waals surface area contributed by atoms with Crippen LogP contribution in [0.4, 0.5) is 0 Å². The number of nitrogens with zero attached hydrogens (tertiary/aromatic N) is 1. The predicted octanol–water partition coefficient (Wildman–Crippen LogP) is 1.75. The van der Waals surface area contributed by atoms with Crippen molar-refractivity contribution in [2.45, 2.75) is 19.3 Å². The molecule has 94 valence electrons. The fourth-order valence-corrected chi connectivity index (χ4v) is 4.18. The summed E-state index contributed by atoms with van der Waals surface area (Å²) >= 11 is 1.43. The Morgan fingerprint density at radius 3 is 2.88 bits per heavy atom. The zero-order chi connectivity index (χ0) is 12.3. The molecule has 0 atom stereocenters. The molecule has 1 fully saturated rings. The van der Waals surface area contributed by atoms with E-state index in [1.54, 1.807) is 6.07 Å². The lowest BCUT2D eigenvalue weighted by Crippen LogP contribution is -2.27. The van der Waals surface area contributed by atoms with E-state index in [0.29, 0.717) is 32.4 Å². The first-order valence-electron chi connectivity index (χ1n) is 5.64. The number of carbonyl (C=O) groups excluding carboxylic acids is 1. The van der Waals surface area contributed by atoms with Gasteiger partial charge in [0.15, 0.2) is 5.78 Å². The maximum absolute atomic E-state index is 11.7. The Morgan fingerprint density at radius 2 is 2.29 bits per heavy atom. The van der Waals surface area contributed by atoms with Crippen molar-refractivity contribution in [3.8, 4) is 0 Å². The lowest BCUT2D eigenvalue weighted by atomic mass is 10.2. The molecule has 0 unspecified atom stereocenters. The average Bonchev–Trinajstić information content (AvgIpc) is 2.88. The van der Waals surface area contributed by atoms with Gasteiger partial charge in [-0.05, 0) is 24.3 Å². The molecule has 0 bridgehead atoms. The summed E-state index contributed by atoms with van der Waals surface area (Å²) in [6.45, 7) is 1.08. The van der Waals surface area contributed by atoms with Crippen LogP contribution in [0.1, 0.15) is 28.9 Å². The lowest BCUT2D eigenvalue weighted by molar-refractivity contribution is 0.0982. The normalized spacial score (nSPS) is 19.5. The quantitative estimate of drug-likeness (QED) is 0.768. The van der Waals surface area contributed by atoms with Gasteiger partial charge in [-0.2, -0.15) is 0 Å². The van der Waals surface area contributed by atoms with Crippen LogP contribution < -0.4 is 0 Å². The molecule has 0 amide bonds. The Balaban J connectivity index is 1.79. The molecule has 2 heterocycles. The molecule has 0 aromatic carbocycles. The monoisotopic (exact) mass is 273 g/mol. The number of rotatable bonds is 5. The van der Waals surface area contributed by atoms with Crippen LogP contribution in [0.3, 0.4) is 0 Å². The summed E-state index contributed by atoms with van der Waals surface area (Å²) in [7, 11) is -3.01. The lowest BCUT2D eigenvalue weighted by Gasteiger charge is -2.13. The van der Waals surface area contributed by atoms with Crippen molar-refractivity contribution in [2.75, 3.05) is 18.8 Å². The Bertz CT molecular complexity index is 479. The van der Waals surface area contributed by atoms with Gasteiger partial charge in [-0.1, -0.05) is 6.07 Å². The van der Waals surface area contributed by atoms with Gasteiger partial charge in [-0.3, -0.25) is 4.79 Å². The van der Waals surface area contributed by atoms with Crippen LogP contribution in [0.2, 0.25) is 0 Å². The van der Waals surface area contributed by atoms with Gasteiger partial charge in [-0.25, -0.2) is 12.7 Å². The van der Waals surface area contributed by atoms with Crippen LogP contribution in [0, 0.1) is 0 Å². The third-order valence-electron chi connectivity index (χ3n) is 2.81. The summed E-state index contributed by atoms with van der Waals surface area (Å²) in [4.78, 5) is 12.4. The second-order valence-corrected chi connectivity index (χ2v) is 7.11. The largest absolute Gasteiger partial charge is 0.293 e. The second kappa shape index (κ2) is 5.29. The average molecular weight is 273 g/mol. The summed E-state index contributed by atoms with van der Waals surface area (Å²) in [6, 6.07) is 3.66. The Hall–Kier alpha value is -0.720. The van der Waals surface area contributed by atoms with E-state index in [1.807, 2.05) is 11.4 Å². The molecule has 17 heavy (non-hydrogen) atoms. The zero-order valence-corrected chi connectivity index (χ0v) is 11.1. The SMILES string of the molecule is O=C(CCCN1CCCS1(=O)=O)c1cccs1. The predicted molar refractivity (Wildman–Crippen MR) is 67.9 cm³/mol. The molecule has 6 heteroatoms. The molecule has 0 spiro atoms. The minimum Gasteiger partial charge on any atom is -0.293 e. The standard InChI is InChI=1S/C11H15NO3S2/c13-10(11-5-2-8-16-11)4-1-6-12-7-3-9-17(12,14)15/h2,5,8H,1,3-4,6-7,9H2. The molecule has 2 rings (SSSR count). The van der Waals surface area contributed by atoms with Crippen LogP contribution >= 0.6 is 11.3 Å². The molecule has 1 saturated heterocycles. The van der Waals surface area contributed by atoms with Crippen molar-refractivity contribution in [3.05, 3.63) is 22.4 Å². The van der Waals surface area contributed by atoms with Crippen molar-refractivity contribution in [1.82, 2.24) is 4.31 Å². The first-order chi connectivity index (χ1) is 8.09. The summed E-state index contributed by atoms with van der Waals surface area (Å²) < 4.78 is 24.5. The van der Waals surface area contributed by atoms with Gasteiger partial charge in [-0.15, -0.1) is 11.3 Å². The molecule has 1 aliphatic heterocycles. The van der Waals surface area contributed by atoms with Crippen molar-refractivity contribution in [3.63, 3.8) is 0 Å². The highest BCUT2D eigenvalue weighted by molar-refractivity contribution is 7.89. The summed E-state index contributed by atoms with van der Waals surface area (Å²) in [5.74, 6) is 0.364. The van der Waals surface area contributed by atoms with Crippen molar-refractivity contribution >= 4 is 27.1 Å². The summed E-state index contributed by atoms with van der Waals surface area (Å²) in [6.07, 6.45) is 1.74. The number of hydrogen-bond donors (Lipinski definition) is 0. The molecular formula is C11H15NO3S2. The van der Waals surface area contributed by atoms with Crippen LogP contribution in [0.25, 0.3) is 0 Å². The number of Topliss-reactive ketones (excluding diaryl/α,β-unsaturated/α-hetero) is 1. The maximum Gasteiger partial charge on any atom is 0.214 e. The van der Waals surface area contributed by atoms with E-state index in [4.69, 9.17) is 0 Å². The minimum atomic E-state index is -3.01. The highest BCUT2D eigenvalue weighted by Crippen LogP contribution is 2.16. The molecule has 1 aliphatic rings. The van der Waals surface area contributed by atoms with Crippen molar-refractivity contribution in [2.24, 2.45) is 0 Å². The number of hydrogen-bond acceptors (Lipinski definition) is 4. The minimum absolute atomic E-state index is 0.108. The van der Waals surface area contributed by atoms with Crippen molar-refractivity contribution < 1.29 is 13.2 Å². The van der Waals surface area contributed by atoms with Gasteiger partial charge in [0.2, 0.25) is 10.0 Å². The first kappa shape index (κ1) is 12.7. The second-order valence-electron chi connectivity index (χ2n) is 4.07. The third kappa shape index (κ3) is 3.14. The van der Waals surface area contributed by atoms with Gasteiger partial charge in [0.05, 0.1) is 10.6 Å². The highest BCUT2D eigenvalue weighted by atomic mass is 32.2. The number of carbonyl (C=O) groups is 1. The first-order valence-corrected chi connectivity index (χ1v) is 8.13. The van der Waals surface area contributed by atoms with E-state index in [2.05, 4.69) is 0 Å². The van der Waals surface area contributed by atoms with E-state index in [9.17, 15) is 13.2 Å². The van der Waals surface area contributed by atoms with Crippen molar-refractivity contribution in [1.29, 1.82) is 0 Å². The van der Waals surface area contributed by atoms with E-state index in [1.165, 1.54) is 15.6 Å². The van der Waals surface area contributed by atoms with Gasteiger partial charge in [0, 0.05) is 19.5 Å². The highest BCUT2D eigenvalue weighted by Gasteiger charge is 2.27. The Kier molecular flexibility index (Phi) is 3.96. The van der Waals surface area contributed by atoms with Gasteiger partial charge < -0.3 is 0 Å². The summed E-state index contributed by atoms with van der Waals surface area (Å²) in [5, 5.41) is 1.87. The fourth-order valence-electron chi connectivity index (χ4n) is 1.92. The van der Waals surface area contributed by atoms with Gasteiger partial charge >= 0.3 is 0 Å². The van der Waals surface area contributed by atoms with Gasteiger partial charge in [0.1, 0.15) is 0 Å². The maximum atomic E-state index is 11.7. The molecule has 4 nitrogen and oxygen atoms in total. The van der Waals surface area contributed by atoms with E-state index < -0.39 is 10.0 Å². The van der Waals surface area contributed by atoms with Crippen LogP contribution in [-0.2, 0) is 10.0 Å². The fraction of sp³-hybridized carbons (Fsp3) is 0.545. The molecule has 0 aliphatic carbocycles. The third-order valence-corrected chi connectivity index (χ3v) is 5.68. The smallest absolute Gasteiger partial charge is 0.214 e. The van der Waals surface area contributed by atoms with Crippen LogP contribution in [0.15, 0.2) is 17.5 Å². The molecular weight excluding hydrogens is 258 g/mol. The molecule has 0 saturated carbocycles. The molecule has 0 N–H and O–H groups in total. The number of thiophene rings is 1. The molecule has 1 aromatic heterocycles. The zero-order valence-electron chi connectivity index (χ0n) is 9.46. The van der Waals surface area contributed by atoms with E-state index in [-0.39, 0.29) is 11.5 Å². The van der Waals surface area contributed by atoms with E-state index >= 15 is 0 Å². The van der Waals surface area contributed by atoms with Gasteiger partial charge in [0.25, 0.3) is 0 Å². The van der Waals surface area contributed by atoms with Crippen LogP contribution in [0.5, 0.6) is 0 Å². The molecule has 1 aromatic rings. The Labute approximate surface area is 105 Å². The summed E-state index contributed by atoms with van der Waals surface area (Å²) in [5.41, 5.74) is 0. The molecule has 0 radical (unpaired) electrons. The topological polar surface area (TPSA) is 54.5 Å².